The molecule has 0 saturated carbocycles. The molecule has 3 heteroatoms. The molecule has 0 fully saturated rings. The fourth-order valence-corrected chi connectivity index (χ4v) is 0.929. The van der Waals surface area contributed by atoms with Gasteiger partial charge in [0.15, 0.2) is 0 Å². The number of allylic oxidation sites excluding steroid dienone is 4. The summed E-state index contributed by atoms with van der Waals surface area (Å²) in [6.45, 7) is 0. The molecule has 1 aliphatic rings. The molecule has 1 atom stereocenters. The van der Waals surface area contributed by atoms with Crippen LogP contribution in [0.5, 0.6) is 0 Å². The van der Waals surface area contributed by atoms with Crippen LogP contribution < -0.4 is 5.73 Å². The molecule has 0 aliphatic heterocycles. The van der Waals surface area contributed by atoms with E-state index in [1.165, 1.54) is 12.2 Å². The maximum absolute atomic E-state index is 12.5. The number of hydrogen-bond donors (Lipinski definition) is 1. The third kappa shape index (κ3) is 2.27. The van der Waals surface area contributed by atoms with E-state index in [1.807, 2.05) is 0 Å². The van der Waals surface area contributed by atoms with Crippen molar-refractivity contribution in [2.45, 2.75) is 0 Å². The van der Waals surface area contributed by atoms with Gasteiger partial charge in [-0.25, -0.2) is 4.39 Å². The van der Waals surface area contributed by atoms with Crippen LogP contribution in [0.15, 0.2) is 36.2 Å². The molecule has 0 bridgehead atoms. The van der Waals surface area contributed by atoms with Gasteiger partial charge in [0.25, 0.3) is 0 Å². The fourth-order valence-electron chi connectivity index (χ4n) is 0.772. The first-order chi connectivity index (χ1) is 5.20. The zero-order valence-electron chi connectivity index (χ0n) is 5.83. The zero-order chi connectivity index (χ0) is 8.27. The zero-order valence-corrected chi connectivity index (χ0v) is 6.64. The molecule has 1 unspecified atom stereocenters. The van der Waals surface area contributed by atoms with Crippen LogP contribution in [0.4, 0.5) is 4.39 Å². The van der Waals surface area contributed by atoms with E-state index < -0.39 is 0 Å². The van der Waals surface area contributed by atoms with Gasteiger partial charge in [-0.05, 0) is 12.2 Å². The fraction of sp³-hybridized carbons (Fsp3) is 0.125. The lowest BCUT2D eigenvalue weighted by molar-refractivity contribution is 0.667. The predicted octanol–water partition coefficient (Wildman–Crippen LogP) is 1.87. The summed E-state index contributed by atoms with van der Waals surface area (Å²) >= 11 is 4.74. The molecule has 0 spiro atoms. The van der Waals surface area contributed by atoms with Gasteiger partial charge in [0, 0.05) is 5.92 Å². The first-order valence-corrected chi connectivity index (χ1v) is 3.62. The van der Waals surface area contributed by atoms with E-state index in [0.29, 0.717) is 4.99 Å². The van der Waals surface area contributed by atoms with E-state index in [2.05, 4.69) is 0 Å². The smallest absolute Gasteiger partial charge is 0.122 e. The first-order valence-electron chi connectivity index (χ1n) is 3.21. The molecule has 0 amide bonds. The van der Waals surface area contributed by atoms with E-state index in [9.17, 15) is 4.39 Å². The summed E-state index contributed by atoms with van der Waals surface area (Å²) in [5.74, 6) is -0.394. The van der Waals surface area contributed by atoms with Crippen molar-refractivity contribution < 1.29 is 4.39 Å². The second-order valence-corrected chi connectivity index (χ2v) is 2.70. The van der Waals surface area contributed by atoms with Gasteiger partial charge < -0.3 is 5.73 Å². The third-order valence-electron chi connectivity index (χ3n) is 1.37. The maximum Gasteiger partial charge on any atom is 0.122 e. The Morgan fingerprint density at radius 3 is 2.91 bits per heavy atom. The second kappa shape index (κ2) is 3.44. The standard InChI is InChI=1S/C8H8FNS/c9-7-3-1-2-6(4-5-7)8(10)11/h1-6H,(H2,10,11). The van der Waals surface area contributed by atoms with Gasteiger partial charge in [-0.1, -0.05) is 30.4 Å². The number of hydrogen-bond acceptors (Lipinski definition) is 1. The Balaban J connectivity index is 2.79. The molecule has 0 aromatic carbocycles. The van der Waals surface area contributed by atoms with Crippen LogP contribution in [0, 0.1) is 5.92 Å². The number of rotatable bonds is 1. The van der Waals surface area contributed by atoms with E-state index in [1.54, 1.807) is 18.2 Å². The lowest BCUT2D eigenvalue weighted by atomic mass is 10.1. The van der Waals surface area contributed by atoms with Crippen molar-refractivity contribution in [1.29, 1.82) is 0 Å². The highest BCUT2D eigenvalue weighted by atomic mass is 32.1. The summed E-state index contributed by atoms with van der Waals surface area (Å²) in [6, 6.07) is 0. The molecule has 0 aromatic heterocycles. The van der Waals surface area contributed by atoms with Crippen LogP contribution in [0.25, 0.3) is 0 Å². The summed E-state index contributed by atoms with van der Waals surface area (Å²) in [4.78, 5) is 0.362. The lowest BCUT2D eigenvalue weighted by Crippen LogP contribution is -2.16. The molecule has 11 heavy (non-hydrogen) atoms. The largest absolute Gasteiger partial charge is 0.393 e. The summed E-state index contributed by atoms with van der Waals surface area (Å²) < 4.78 is 12.5. The third-order valence-corrected chi connectivity index (χ3v) is 1.64. The molecule has 1 rings (SSSR count). The molecule has 58 valence electrons. The van der Waals surface area contributed by atoms with E-state index >= 15 is 0 Å². The first kappa shape index (κ1) is 8.14. The Bertz CT molecular complexity index is 253. The Kier molecular flexibility index (Phi) is 2.54. The SMILES string of the molecule is NC(=S)C1C=CC=C(F)C=C1. The highest BCUT2D eigenvalue weighted by molar-refractivity contribution is 7.80. The van der Waals surface area contributed by atoms with Crippen LogP contribution in [0.2, 0.25) is 0 Å². The Hall–Kier alpha value is -0.960. The quantitative estimate of drug-likeness (QED) is 0.606. The average molecular weight is 169 g/mol. The minimum absolute atomic E-state index is 0.116. The molecule has 2 N–H and O–H groups in total. The number of nitrogens with two attached hydrogens (primary N) is 1. The lowest BCUT2D eigenvalue weighted by Gasteiger charge is -2.01. The van der Waals surface area contributed by atoms with E-state index in [-0.39, 0.29) is 11.7 Å². The van der Waals surface area contributed by atoms with Crippen molar-refractivity contribution in [2.24, 2.45) is 11.7 Å². The number of halogens is 1. The second-order valence-electron chi connectivity index (χ2n) is 2.22. The van der Waals surface area contributed by atoms with Gasteiger partial charge in [0.1, 0.15) is 5.83 Å². The monoisotopic (exact) mass is 169 g/mol. The topological polar surface area (TPSA) is 26.0 Å². The van der Waals surface area contributed by atoms with Crippen LogP contribution in [0.3, 0.4) is 0 Å². The van der Waals surface area contributed by atoms with Crippen molar-refractivity contribution in [3.63, 3.8) is 0 Å². The molecule has 1 nitrogen and oxygen atoms in total. The highest BCUT2D eigenvalue weighted by Gasteiger charge is 2.04. The van der Waals surface area contributed by atoms with Gasteiger partial charge in [0.05, 0.1) is 4.99 Å². The normalized spacial score (nSPS) is 22.6. The van der Waals surface area contributed by atoms with Crippen molar-refractivity contribution in [3.8, 4) is 0 Å². The minimum Gasteiger partial charge on any atom is -0.393 e. The van der Waals surface area contributed by atoms with Crippen molar-refractivity contribution in [3.05, 3.63) is 36.2 Å². The highest BCUT2D eigenvalue weighted by Crippen LogP contribution is 2.10. The molecule has 0 radical (unpaired) electrons. The van der Waals surface area contributed by atoms with Crippen molar-refractivity contribution >= 4 is 17.2 Å². The van der Waals surface area contributed by atoms with Crippen LogP contribution in [-0.2, 0) is 0 Å². The molecular weight excluding hydrogens is 161 g/mol. The molecule has 0 saturated heterocycles. The van der Waals surface area contributed by atoms with Gasteiger partial charge in [-0.15, -0.1) is 0 Å². The average Bonchev–Trinajstić information content (AvgIpc) is 2.13. The van der Waals surface area contributed by atoms with Gasteiger partial charge in [-0.3, -0.25) is 0 Å². The summed E-state index contributed by atoms with van der Waals surface area (Å²) in [5.41, 5.74) is 5.37. The predicted molar refractivity (Wildman–Crippen MR) is 47.7 cm³/mol. The van der Waals surface area contributed by atoms with E-state index in [0.717, 1.165) is 0 Å². The Labute approximate surface area is 70.1 Å². The van der Waals surface area contributed by atoms with Crippen molar-refractivity contribution in [1.82, 2.24) is 0 Å². The molecular formula is C8H8FNS. The van der Waals surface area contributed by atoms with Crippen molar-refractivity contribution in [2.75, 3.05) is 0 Å². The van der Waals surface area contributed by atoms with Gasteiger partial charge in [0.2, 0.25) is 0 Å². The molecule has 0 aromatic rings. The number of thiocarbonyl (C=S) groups is 1. The van der Waals surface area contributed by atoms with Crippen LogP contribution in [0.1, 0.15) is 0 Å². The molecule has 1 aliphatic carbocycles. The van der Waals surface area contributed by atoms with Gasteiger partial charge in [-0.2, -0.15) is 0 Å². The Morgan fingerprint density at radius 1 is 1.55 bits per heavy atom. The molecule has 0 heterocycles. The van der Waals surface area contributed by atoms with Crippen LogP contribution in [-0.4, -0.2) is 4.99 Å². The summed E-state index contributed by atoms with van der Waals surface area (Å²) in [6.07, 6.45) is 7.74. The summed E-state index contributed by atoms with van der Waals surface area (Å²) in [5, 5.41) is 0. The minimum atomic E-state index is -0.278. The van der Waals surface area contributed by atoms with E-state index in [4.69, 9.17) is 18.0 Å². The maximum atomic E-state index is 12.5. The van der Waals surface area contributed by atoms with Gasteiger partial charge >= 0.3 is 0 Å². The summed E-state index contributed by atoms with van der Waals surface area (Å²) in [7, 11) is 0. The van der Waals surface area contributed by atoms with Crippen LogP contribution >= 0.6 is 12.2 Å². The Morgan fingerprint density at radius 2 is 2.27 bits per heavy atom.